The van der Waals surface area contributed by atoms with Gasteiger partial charge in [0.25, 0.3) is 0 Å². The van der Waals surface area contributed by atoms with Crippen molar-refractivity contribution < 1.29 is 19.1 Å². The molecule has 0 heterocycles. The van der Waals surface area contributed by atoms with Gasteiger partial charge in [-0.1, -0.05) is 6.58 Å². The third kappa shape index (κ3) is 13.1. The fourth-order valence-electron chi connectivity index (χ4n) is 0.410. The largest absolute Gasteiger partial charge is 0.466 e. The van der Waals surface area contributed by atoms with Crippen molar-refractivity contribution in [2.75, 3.05) is 20.3 Å². The fraction of sp³-hybridized carbons (Fsp3) is 0.556. The van der Waals surface area contributed by atoms with Crippen molar-refractivity contribution in [1.82, 2.24) is 5.32 Å². The highest BCUT2D eigenvalue weighted by Gasteiger charge is 1.92. The van der Waals surface area contributed by atoms with E-state index in [4.69, 9.17) is 0 Å². The van der Waals surface area contributed by atoms with E-state index in [0.29, 0.717) is 13.2 Å². The van der Waals surface area contributed by atoms with E-state index in [-0.39, 0.29) is 6.09 Å². The summed E-state index contributed by atoms with van der Waals surface area (Å²) < 4.78 is 8.67. The van der Waals surface area contributed by atoms with Crippen molar-refractivity contribution in [3.8, 4) is 0 Å². The van der Waals surface area contributed by atoms with Gasteiger partial charge in [-0.05, 0) is 13.8 Å². The summed E-state index contributed by atoms with van der Waals surface area (Å²) >= 11 is 0. The summed E-state index contributed by atoms with van der Waals surface area (Å²) in [5.74, 6) is -0.394. The standard InChI is InChI=1S/C5H11NO2.C4H6O2/c1-3-6-5(7)8-4-2;1-3-4(5)6-2/h3-4H2,1-2H3,(H,6,7);3H,1H2,2H3. The lowest BCUT2D eigenvalue weighted by Gasteiger charge is -1.99. The molecule has 14 heavy (non-hydrogen) atoms. The predicted molar refractivity (Wildman–Crippen MR) is 52.9 cm³/mol. The molecule has 0 fully saturated rings. The number of carbonyl (C=O) groups is 2. The van der Waals surface area contributed by atoms with Gasteiger partial charge in [-0.2, -0.15) is 0 Å². The SMILES string of the molecule is C=CC(=O)OC.CCNC(=O)OCC. The Hall–Kier alpha value is -1.52. The number of hydrogen-bond acceptors (Lipinski definition) is 4. The molecule has 0 rings (SSSR count). The van der Waals surface area contributed by atoms with Gasteiger partial charge in [0, 0.05) is 12.6 Å². The normalized spacial score (nSPS) is 7.64. The van der Waals surface area contributed by atoms with Gasteiger partial charge in [0.15, 0.2) is 0 Å². The summed E-state index contributed by atoms with van der Waals surface area (Å²) in [7, 11) is 1.31. The summed E-state index contributed by atoms with van der Waals surface area (Å²) in [6.45, 7) is 7.83. The Morgan fingerprint density at radius 2 is 2.00 bits per heavy atom. The maximum absolute atomic E-state index is 10.3. The lowest BCUT2D eigenvalue weighted by Crippen LogP contribution is -2.23. The van der Waals surface area contributed by atoms with Crippen LogP contribution in [0.25, 0.3) is 0 Å². The lowest BCUT2D eigenvalue weighted by molar-refractivity contribution is -0.134. The minimum atomic E-state index is -0.394. The summed E-state index contributed by atoms with van der Waals surface area (Å²) in [6, 6.07) is 0. The molecule has 0 atom stereocenters. The van der Waals surface area contributed by atoms with Crippen LogP contribution in [0.2, 0.25) is 0 Å². The molecular weight excluding hydrogens is 186 g/mol. The molecule has 1 amide bonds. The smallest absolute Gasteiger partial charge is 0.407 e. The zero-order chi connectivity index (χ0) is 11.4. The first-order valence-electron chi connectivity index (χ1n) is 4.23. The Morgan fingerprint density at radius 1 is 1.43 bits per heavy atom. The molecule has 0 saturated heterocycles. The number of rotatable bonds is 3. The van der Waals surface area contributed by atoms with Gasteiger partial charge in [-0.15, -0.1) is 0 Å². The minimum absolute atomic E-state index is 0.338. The summed E-state index contributed by atoms with van der Waals surface area (Å²) in [6.07, 6.45) is 0.773. The highest BCUT2D eigenvalue weighted by atomic mass is 16.5. The summed E-state index contributed by atoms with van der Waals surface area (Å²) in [5, 5.41) is 2.49. The van der Waals surface area contributed by atoms with Gasteiger partial charge >= 0.3 is 12.1 Å². The van der Waals surface area contributed by atoms with E-state index >= 15 is 0 Å². The van der Waals surface area contributed by atoms with Gasteiger partial charge in [0.05, 0.1) is 13.7 Å². The molecule has 5 nitrogen and oxygen atoms in total. The maximum atomic E-state index is 10.3. The highest BCUT2D eigenvalue weighted by Crippen LogP contribution is 1.72. The molecular formula is C9H17NO4. The van der Waals surface area contributed by atoms with E-state index in [1.807, 2.05) is 6.92 Å². The van der Waals surface area contributed by atoms with Gasteiger partial charge in [-0.25, -0.2) is 9.59 Å². The average molecular weight is 203 g/mol. The summed E-state index contributed by atoms with van der Waals surface area (Å²) in [4.78, 5) is 20.2. The third-order valence-electron chi connectivity index (χ3n) is 0.964. The Labute approximate surface area is 84.1 Å². The molecule has 0 unspecified atom stereocenters. The molecule has 0 aliphatic rings. The predicted octanol–water partition coefficient (Wildman–Crippen LogP) is 1.10. The zero-order valence-electron chi connectivity index (χ0n) is 8.83. The second-order valence-corrected chi connectivity index (χ2v) is 1.98. The van der Waals surface area contributed by atoms with E-state index < -0.39 is 5.97 Å². The molecule has 0 spiro atoms. The van der Waals surface area contributed by atoms with Crippen LogP contribution >= 0.6 is 0 Å². The third-order valence-corrected chi connectivity index (χ3v) is 0.964. The molecule has 0 radical (unpaired) electrons. The highest BCUT2D eigenvalue weighted by molar-refractivity contribution is 5.80. The molecule has 0 aromatic heterocycles. The van der Waals surface area contributed by atoms with Crippen LogP contribution in [0, 0.1) is 0 Å². The van der Waals surface area contributed by atoms with Gasteiger partial charge in [-0.3, -0.25) is 0 Å². The fourth-order valence-corrected chi connectivity index (χ4v) is 0.410. The molecule has 0 aliphatic carbocycles. The van der Waals surface area contributed by atoms with Gasteiger partial charge in [0.1, 0.15) is 0 Å². The van der Waals surface area contributed by atoms with Crippen molar-refractivity contribution in [2.24, 2.45) is 0 Å². The number of alkyl carbamates (subject to hydrolysis) is 1. The number of carbonyl (C=O) groups excluding carboxylic acids is 2. The molecule has 0 bridgehead atoms. The van der Waals surface area contributed by atoms with Crippen molar-refractivity contribution in [3.63, 3.8) is 0 Å². The second-order valence-electron chi connectivity index (χ2n) is 1.98. The topological polar surface area (TPSA) is 64.6 Å². The van der Waals surface area contributed by atoms with E-state index in [1.54, 1.807) is 6.92 Å². The van der Waals surface area contributed by atoms with Crippen molar-refractivity contribution >= 4 is 12.1 Å². The van der Waals surface area contributed by atoms with Crippen molar-refractivity contribution in [1.29, 1.82) is 0 Å². The summed E-state index contributed by atoms with van der Waals surface area (Å²) in [5.41, 5.74) is 0. The Balaban J connectivity index is 0. The number of hydrogen-bond donors (Lipinski definition) is 1. The Bertz CT molecular complexity index is 172. The zero-order valence-corrected chi connectivity index (χ0v) is 8.83. The molecule has 5 heteroatoms. The number of nitrogens with one attached hydrogen (secondary N) is 1. The maximum Gasteiger partial charge on any atom is 0.407 e. The molecule has 0 aromatic rings. The number of methoxy groups -OCH3 is 1. The van der Waals surface area contributed by atoms with E-state index in [1.165, 1.54) is 7.11 Å². The first-order valence-corrected chi connectivity index (χ1v) is 4.23. The number of esters is 1. The molecule has 0 saturated carbocycles. The quantitative estimate of drug-likeness (QED) is 0.551. The van der Waals surface area contributed by atoms with Crippen LogP contribution in [0.1, 0.15) is 13.8 Å². The van der Waals surface area contributed by atoms with Crippen LogP contribution < -0.4 is 5.32 Å². The molecule has 82 valence electrons. The second kappa shape index (κ2) is 11.5. The monoisotopic (exact) mass is 203 g/mol. The van der Waals surface area contributed by atoms with Crippen LogP contribution in [-0.4, -0.2) is 32.3 Å². The van der Waals surface area contributed by atoms with Crippen LogP contribution in [0.3, 0.4) is 0 Å². The van der Waals surface area contributed by atoms with Crippen LogP contribution in [0.15, 0.2) is 12.7 Å². The van der Waals surface area contributed by atoms with Gasteiger partial charge < -0.3 is 14.8 Å². The van der Waals surface area contributed by atoms with Gasteiger partial charge in [0.2, 0.25) is 0 Å². The van der Waals surface area contributed by atoms with E-state index in [0.717, 1.165) is 6.08 Å². The molecule has 0 aromatic carbocycles. The van der Waals surface area contributed by atoms with Crippen molar-refractivity contribution in [3.05, 3.63) is 12.7 Å². The minimum Gasteiger partial charge on any atom is -0.466 e. The van der Waals surface area contributed by atoms with Crippen molar-refractivity contribution in [2.45, 2.75) is 13.8 Å². The molecule has 1 N–H and O–H groups in total. The van der Waals surface area contributed by atoms with E-state index in [9.17, 15) is 9.59 Å². The first-order chi connectivity index (χ1) is 6.62. The number of ether oxygens (including phenoxy) is 2. The average Bonchev–Trinajstić information content (AvgIpc) is 2.18. The molecule has 0 aliphatic heterocycles. The number of amides is 1. The van der Waals surface area contributed by atoms with Crippen LogP contribution in [0.5, 0.6) is 0 Å². The Kier molecular flexibility index (Phi) is 12.3. The Morgan fingerprint density at radius 3 is 2.21 bits per heavy atom. The first kappa shape index (κ1) is 15.0. The lowest BCUT2D eigenvalue weighted by atomic mass is 10.7. The van der Waals surface area contributed by atoms with Crippen LogP contribution in [0.4, 0.5) is 4.79 Å². The van der Waals surface area contributed by atoms with E-state index in [2.05, 4.69) is 21.4 Å². The van der Waals surface area contributed by atoms with Crippen LogP contribution in [-0.2, 0) is 14.3 Å².